The van der Waals surface area contributed by atoms with Crippen LogP contribution in [0.15, 0.2) is 21.9 Å². The van der Waals surface area contributed by atoms with Crippen molar-refractivity contribution in [1.29, 1.82) is 5.26 Å². The second-order valence-electron chi connectivity index (χ2n) is 6.18. The molecule has 1 aliphatic carbocycles. The number of rotatable bonds is 6. The highest BCUT2D eigenvalue weighted by Gasteiger charge is 2.42. The maximum atomic E-state index is 12.2. The Morgan fingerprint density at radius 3 is 2.92 bits per heavy atom. The fourth-order valence-corrected chi connectivity index (χ4v) is 3.34. The van der Waals surface area contributed by atoms with Crippen LogP contribution in [0.5, 0.6) is 0 Å². The lowest BCUT2D eigenvalue weighted by atomic mass is 9.98. The van der Waals surface area contributed by atoms with Gasteiger partial charge in [-0.3, -0.25) is 4.79 Å². The highest BCUT2D eigenvalue weighted by Crippen LogP contribution is 2.39. The Kier molecular flexibility index (Phi) is 4.37. The zero-order valence-corrected chi connectivity index (χ0v) is 14.7. The smallest absolute Gasteiger partial charge is 0.231 e. The quantitative estimate of drug-likeness (QED) is 0.807. The molecule has 0 bridgehead atoms. The number of nitrogens with one attached hydrogen (secondary N) is 1. The molecule has 1 aliphatic rings. The lowest BCUT2D eigenvalue weighted by molar-refractivity contribution is -0.119. The predicted octanol–water partition coefficient (Wildman–Crippen LogP) is 2.28. The molecule has 24 heavy (non-hydrogen) atoms. The molecule has 0 radical (unpaired) electrons. The van der Waals surface area contributed by atoms with Crippen molar-refractivity contribution in [2.45, 2.75) is 37.4 Å². The summed E-state index contributed by atoms with van der Waals surface area (Å²) < 4.78 is 7.13. The van der Waals surface area contributed by atoms with E-state index in [0.29, 0.717) is 11.0 Å². The van der Waals surface area contributed by atoms with E-state index in [1.165, 1.54) is 11.8 Å². The average molecular weight is 345 g/mol. The van der Waals surface area contributed by atoms with E-state index in [4.69, 9.17) is 4.42 Å². The number of hydrogen-bond donors (Lipinski definition) is 1. The van der Waals surface area contributed by atoms with Crippen molar-refractivity contribution < 1.29 is 9.21 Å². The Morgan fingerprint density at radius 2 is 2.33 bits per heavy atom. The van der Waals surface area contributed by atoms with Gasteiger partial charge in [-0.2, -0.15) is 5.26 Å². The first kappa shape index (κ1) is 16.6. The van der Waals surface area contributed by atoms with Gasteiger partial charge in [-0.25, -0.2) is 0 Å². The van der Waals surface area contributed by atoms with Gasteiger partial charge in [-0.15, -0.1) is 10.2 Å². The summed E-state index contributed by atoms with van der Waals surface area (Å²) in [7, 11) is 1.85. The second-order valence-corrected chi connectivity index (χ2v) is 7.12. The lowest BCUT2D eigenvalue weighted by Crippen LogP contribution is -2.47. The van der Waals surface area contributed by atoms with Crippen LogP contribution in [-0.4, -0.2) is 32.0 Å². The molecule has 2 aromatic rings. The van der Waals surface area contributed by atoms with Crippen LogP contribution in [0.25, 0.3) is 11.4 Å². The molecule has 7 nitrogen and oxygen atoms in total. The van der Waals surface area contributed by atoms with Crippen molar-refractivity contribution in [2.75, 3.05) is 5.75 Å². The van der Waals surface area contributed by atoms with Gasteiger partial charge >= 0.3 is 0 Å². The van der Waals surface area contributed by atoms with Gasteiger partial charge in [-0.05, 0) is 38.7 Å². The number of thioether (sulfide) groups is 1. The van der Waals surface area contributed by atoms with E-state index in [9.17, 15) is 10.1 Å². The minimum atomic E-state index is -0.767. The minimum absolute atomic E-state index is 0.167. The standard InChI is InChI=1S/C16H19N5O2S/c1-10-12(6-7-23-10)14-19-20-15(21(14)3)24-8-13(22)18-16(2,9-17)11-4-5-11/h6-7,11H,4-5,8H2,1-3H3,(H,18,22). The van der Waals surface area contributed by atoms with Gasteiger partial charge in [-0.1, -0.05) is 11.8 Å². The number of nitriles is 1. The lowest BCUT2D eigenvalue weighted by Gasteiger charge is -2.22. The maximum Gasteiger partial charge on any atom is 0.231 e. The number of amides is 1. The van der Waals surface area contributed by atoms with E-state index < -0.39 is 5.54 Å². The third kappa shape index (κ3) is 3.17. The number of nitrogens with zero attached hydrogens (tertiary/aromatic N) is 4. The van der Waals surface area contributed by atoms with Crippen molar-refractivity contribution >= 4 is 17.7 Å². The summed E-state index contributed by atoms with van der Waals surface area (Å²) in [5, 5.41) is 21.1. The van der Waals surface area contributed by atoms with Crippen LogP contribution in [-0.2, 0) is 11.8 Å². The van der Waals surface area contributed by atoms with E-state index >= 15 is 0 Å². The van der Waals surface area contributed by atoms with Gasteiger partial charge in [0.15, 0.2) is 11.0 Å². The number of furan rings is 1. The zero-order chi connectivity index (χ0) is 17.3. The Balaban J connectivity index is 1.63. The first-order valence-corrected chi connectivity index (χ1v) is 8.72. The van der Waals surface area contributed by atoms with Crippen LogP contribution in [0.4, 0.5) is 0 Å². The fraction of sp³-hybridized carbons (Fsp3) is 0.500. The van der Waals surface area contributed by atoms with Crippen molar-refractivity contribution in [1.82, 2.24) is 20.1 Å². The highest BCUT2D eigenvalue weighted by molar-refractivity contribution is 7.99. The number of aromatic nitrogens is 3. The third-order valence-corrected chi connectivity index (χ3v) is 5.31. The van der Waals surface area contributed by atoms with Crippen LogP contribution >= 0.6 is 11.8 Å². The van der Waals surface area contributed by atoms with Crippen molar-refractivity contribution in [3.8, 4) is 17.5 Å². The number of carbonyl (C=O) groups is 1. The molecule has 8 heteroatoms. The predicted molar refractivity (Wildman–Crippen MR) is 89.1 cm³/mol. The normalized spacial score (nSPS) is 16.4. The molecule has 1 saturated carbocycles. The van der Waals surface area contributed by atoms with Crippen LogP contribution in [0, 0.1) is 24.2 Å². The van der Waals surface area contributed by atoms with E-state index in [1.54, 1.807) is 13.2 Å². The summed E-state index contributed by atoms with van der Waals surface area (Å²) in [5.41, 5.74) is 0.114. The first-order chi connectivity index (χ1) is 11.4. The molecular weight excluding hydrogens is 326 g/mol. The van der Waals surface area contributed by atoms with Gasteiger partial charge < -0.3 is 14.3 Å². The van der Waals surface area contributed by atoms with Gasteiger partial charge in [0.25, 0.3) is 0 Å². The molecule has 0 saturated heterocycles. The van der Waals surface area contributed by atoms with Gasteiger partial charge in [0.05, 0.1) is 23.6 Å². The summed E-state index contributed by atoms with van der Waals surface area (Å²) in [4.78, 5) is 12.2. The largest absolute Gasteiger partial charge is 0.469 e. The summed E-state index contributed by atoms with van der Waals surface area (Å²) in [5.74, 6) is 1.76. The van der Waals surface area contributed by atoms with Gasteiger partial charge in [0.2, 0.25) is 5.91 Å². The number of hydrogen-bond acceptors (Lipinski definition) is 6. The number of aryl methyl sites for hydroxylation is 1. The fourth-order valence-electron chi connectivity index (χ4n) is 2.63. The molecule has 1 fully saturated rings. The second kappa shape index (κ2) is 6.32. The summed E-state index contributed by atoms with van der Waals surface area (Å²) in [6.07, 6.45) is 3.60. The van der Waals surface area contributed by atoms with E-state index in [-0.39, 0.29) is 17.6 Å². The molecule has 1 atom stereocenters. The van der Waals surface area contributed by atoms with E-state index in [2.05, 4.69) is 21.6 Å². The SMILES string of the molecule is Cc1occc1-c1nnc(SCC(=O)NC(C)(C#N)C2CC2)n1C. The summed E-state index contributed by atoms with van der Waals surface area (Å²) >= 11 is 1.30. The van der Waals surface area contributed by atoms with E-state index in [0.717, 1.165) is 24.2 Å². The van der Waals surface area contributed by atoms with Crippen molar-refractivity contribution in [3.63, 3.8) is 0 Å². The minimum Gasteiger partial charge on any atom is -0.469 e. The van der Waals surface area contributed by atoms with Crippen LogP contribution in [0.1, 0.15) is 25.5 Å². The van der Waals surface area contributed by atoms with Crippen LogP contribution < -0.4 is 5.32 Å². The zero-order valence-electron chi connectivity index (χ0n) is 13.9. The molecule has 3 rings (SSSR count). The molecule has 1 amide bonds. The Bertz CT molecular complexity index is 802. The van der Waals surface area contributed by atoms with Gasteiger partial charge in [0.1, 0.15) is 11.3 Å². The maximum absolute atomic E-state index is 12.2. The molecule has 2 aromatic heterocycles. The summed E-state index contributed by atoms with van der Waals surface area (Å²) in [6, 6.07) is 4.07. The molecule has 0 aromatic carbocycles. The third-order valence-electron chi connectivity index (χ3n) is 4.29. The Hall–Kier alpha value is -2.27. The van der Waals surface area contributed by atoms with E-state index in [1.807, 2.05) is 24.6 Å². The molecule has 0 spiro atoms. The Labute approximate surface area is 144 Å². The van der Waals surface area contributed by atoms with Crippen LogP contribution in [0.2, 0.25) is 0 Å². The van der Waals surface area contributed by atoms with Crippen LogP contribution in [0.3, 0.4) is 0 Å². The van der Waals surface area contributed by atoms with Crippen molar-refractivity contribution in [3.05, 3.63) is 18.1 Å². The highest BCUT2D eigenvalue weighted by atomic mass is 32.2. The molecular formula is C16H19N5O2S. The topological polar surface area (TPSA) is 96.7 Å². The Morgan fingerprint density at radius 1 is 1.58 bits per heavy atom. The molecule has 0 aliphatic heterocycles. The first-order valence-electron chi connectivity index (χ1n) is 7.73. The molecule has 1 N–H and O–H groups in total. The monoisotopic (exact) mass is 345 g/mol. The molecule has 126 valence electrons. The molecule has 2 heterocycles. The summed E-state index contributed by atoms with van der Waals surface area (Å²) in [6.45, 7) is 3.65. The molecule has 1 unspecified atom stereocenters. The van der Waals surface area contributed by atoms with Gasteiger partial charge in [0, 0.05) is 7.05 Å². The van der Waals surface area contributed by atoms with Crippen molar-refractivity contribution in [2.24, 2.45) is 13.0 Å². The number of carbonyl (C=O) groups excluding carboxylic acids is 1. The average Bonchev–Trinajstić information content (AvgIpc) is 3.25.